The fourth-order valence-electron chi connectivity index (χ4n) is 3.37. The first-order chi connectivity index (χ1) is 14.5. The molecule has 2 aromatic carbocycles. The van der Waals surface area contributed by atoms with Crippen molar-refractivity contribution in [2.24, 2.45) is 0 Å². The summed E-state index contributed by atoms with van der Waals surface area (Å²) < 4.78 is 52.2. The maximum absolute atomic E-state index is 12.6. The summed E-state index contributed by atoms with van der Waals surface area (Å²) in [5.74, 6) is -0.569. The molecule has 0 atom stereocenters. The Morgan fingerprint density at radius 1 is 1.06 bits per heavy atom. The highest BCUT2D eigenvalue weighted by Gasteiger charge is 2.27. The molecule has 11 heteroatoms. The van der Waals surface area contributed by atoms with Gasteiger partial charge in [-0.3, -0.25) is 9.10 Å². The molecular formula is C20H24ClN3O5S2. The van der Waals surface area contributed by atoms with Gasteiger partial charge in [-0.05, 0) is 61.7 Å². The first-order valence-corrected chi connectivity index (χ1v) is 13.3. The minimum absolute atomic E-state index is 0.153. The normalized spacial score (nSPS) is 15.1. The van der Waals surface area contributed by atoms with E-state index in [2.05, 4.69) is 5.32 Å². The monoisotopic (exact) mass is 485 g/mol. The van der Waals surface area contributed by atoms with Crippen molar-refractivity contribution in [3.63, 3.8) is 0 Å². The van der Waals surface area contributed by atoms with Crippen LogP contribution in [0.4, 0.5) is 11.4 Å². The number of amides is 1. The summed E-state index contributed by atoms with van der Waals surface area (Å²) in [6.45, 7) is 2.23. The summed E-state index contributed by atoms with van der Waals surface area (Å²) in [5, 5.41) is 3.00. The van der Waals surface area contributed by atoms with E-state index in [1.807, 2.05) is 0 Å². The lowest BCUT2D eigenvalue weighted by Gasteiger charge is -2.24. The molecule has 1 saturated heterocycles. The fourth-order valence-corrected chi connectivity index (χ4v) is 5.96. The van der Waals surface area contributed by atoms with Crippen LogP contribution in [0.1, 0.15) is 18.4 Å². The van der Waals surface area contributed by atoms with E-state index in [0.717, 1.165) is 23.4 Å². The van der Waals surface area contributed by atoms with Gasteiger partial charge in [0.15, 0.2) is 0 Å². The number of nitrogens with one attached hydrogen (secondary N) is 1. The van der Waals surface area contributed by atoms with Crippen LogP contribution in [-0.4, -0.2) is 52.9 Å². The molecular weight excluding hydrogens is 462 g/mol. The molecule has 1 heterocycles. The average molecular weight is 486 g/mol. The lowest BCUT2D eigenvalue weighted by atomic mass is 10.2. The van der Waals surface area contributed by atoms with Gasteiger partial charge in [-0.15, -0.1) is 0 Å². The number of benzene rings is 2. The van der Waals surface area contributed by atoms with Crippen molar-refractivity contribution < 1.29 is 21.6 Å². The van der Waals surface area contributed by atoms with Crippen LogP contribution >= 0.6 is 11.6 Å². The van der Waals surface area contributed by atoms with E-state index in [1.54, 1.807) is 25.1 Å². The summed E-state index contributed by atoms with van der Waals surface area (Å²) in [6, 6.07) is 10.6. The van der Waals surface area contributed by atoms with Gasteiger partial charge in [-0.2, -0.15) is 4.31 Å². The van der Waals surface area contributed by atoms with E-state index in [-0.39, 0.29) is 4.90 Å². The number of rotatable bonds is 7. The average Bonchev–Trinajstić information content (AvgIpc) is 3.24. The quantitative estimate of drug-likeness (QED) is 0.649. The molecule has 0 aromatic heterocycles. The molecule has 0 saturated carbocycles. The molecule has 1 fully saturated rings. The molecule has 1 aliphatic heterocycles. The van der Waals surface area contributed by atoms with Crippen LogP contribution in [0.5, 0.6) is 0 Å². The Kier molecular flexibility index (Phi) is 6.95. The van der Waals surface area contributed by atoms with Crippen molar-refractivity contribution in [2.75, 3.05) is 35.5 Å². The minimum Gasteiger partial charge on any atom is -0.325 e. The van der Waals surface area contributed by atoms with Gasteiger partial charge in [0.25, 0.3) is 0 Å². The van der Waals surface area contributed by atoms with Gasteiger partial charge in [-0.25, -0.2) is 16.8 Å². The number of nitrogens with zero attached hydrogens (tertiary/aromatic N) is 2. The molecule has 168 valence electrons. The van der Waals surface area contributed by atoms with Crippen LogP contribution in [0.25, 0.3) is 0 Å². The highest BCUT2D eigenvalue weighted by atomic mass is 35.5. The van der Waals surface area contributed by atoms with Crippen LogP contribution in [0, 0.1) is 6.92 Å². The minimum atomic E-state index is -3.75. The highest BCUT2D eigenvalue weighted by Crippen LogP contribution is 2.28. The van der Waals surface area contributed by atoms with Gasteiger partial charge in [0.05, 0.1) is 16.8 Å². The van der Waals surface area contributed by atoms with Crippen LogP contribution in [0.2, 0.25) is 5.02 Å². The third kappa shape index (κ3) is 5.38. The van der Waals surface area contributed by atoms with E-state index >= 15 is 0 Å². The molecule has 1 N–H and O–H groups in total. The number of carbonyl (C=O) groups excluding carboxylic acids is 1. The summed E-state index contributed by atoms with van der Waals surface area (Å²) in [5.41, 5.74) is 1.22. The zero-order chi connectivity index (χ0) is 22.8. The Bertz CT molecular complexity index is 1180. The first kappa shape index (κ1) is 23.5. The van der Waals surface area contributed by atoms with E-state index < -0.39 is 32.5 Å². The molecule has 0 radical (unpaired) electrons. The zero-order valence-electron chi connectivity index (χ0n) is 17.2. The molecule has 1 amide bonds. The van der Waals surface area contributed by atoms with Crippen LogP contribution in [0.15, 0.2) is 47.4 Å². The van der Waals surface area contributed by atoms with Crippen molar-refractivity contribution in [3.8, 4) is 0 Å². The highest BCUT2D eigenvalue weighted by molar-refractivity contribution is 7.92. The second-order valence-corrected chi connectivity index (χ2v) is 11.6. The topological polar surface area (TPSA) is 104 Å². The number of anilines is 2. The fraction of sp³-hybridized carbons (Fsp3) is 0.350. The molecule has 0 spiro atoms. The van der Waals surface area contributed by atoms with E-state index in [0.29, 0.717) is 35.1 Å². The van der Waals surface area contributed by atoms with Crippen LogP contribution in [0.3, 0.4) is 0 Å². The van der Waals surface area contributed by atoms with Crippen LogP contribution in [-0.2, 0) is 24.8 Å². The van der Waals surface area contributed by atoms with Gasteiger partial charge < -0.3 is 5.32 Å². The smallest absolute Gasteiger partial charge is 0.245 e. The van der Waals surface area contributed by atoms with Crippen molar-refractivity contribution in [1.82, 2.24) is 4.31 Å². The number of halogens is 1. The Morgan fingerprint density at radius 2 is 1.68 bits per heavy atom. The molecule has 0 aliphatic carbocycles. The maximum atomic E-state index is 12.6. The Morgan fingerprint density at radius 3 is 2.26 bits per heavy atom. The summed E-state index contributed by atoms with van der Waals surface area (Å²) >= 11 is 6.10. The van der Waals surface area contributed by atoms with E-state index in [4.69, 9.17) is 11.6 Å². The Balaban J connectivity index is 1.75. The number of hydrogen-bond acceptors (Lipinski definition) is 5. The van der Waals surface area contributed by atoms with Crippen molar-refractivity contribution in [2.45, 2.75) is 24.7 Å². The third-order valence-electron chi connectivity index (χ3n) is 5.04. The standard InChI is InChI=1S/C20H24ClN3O5S2/c1-15-18(21)6-5-7-19(15)24(30(2,26)27)14-20(25)22-16-8-10-17(11-9-16)31(28,29)23-12-3-4-13-23/h5-11H,3-4,12-14H2,1-2H3,(H,22,25). The Hall–Kier alpha value is -2.14. The second-order valence-electron chi connectivity index (χ2n) is 7.34. The van der Waals surface area contributed by atoms with Gasteiger partial charge in [-0.1, -0.05) is 17.7 Å². The zero-order valence-corrected chi connectivity index (χ0v) is 19.6. The number of hydrogen-bond donors (Lipinski definition) is 1. The van der Waals surface area contributed by atoms with Crippen molar-refractivity contribution in [1.29, 1.82) is 0 Å². The lowest BCUT2D eigenvalue weighted by molar-refractivity contribution is -0.114. The molecule has 0 bridgehead atoms. The third-order valence-corrected chi connectivity index (χ3v) is 8.49. The first-order valence-electron chi connectivity index (χ1n) is 9.63. The molecule has 3 rings (SSSR count). The Labute approximate surface area is 187 Å². The largest absolute Gasteiger partial charge is 0.325 e. The summed E-state index contributed by atoms with van der Waals surface area (Å²) in [6.07, 6.45) is 2.70. The number of sulfonamides is 2. The van der Waals surface area contributed by atoms with Gasteiger partial charge >= 0.3 is 0 Å². The molecule has 8 nitrogen and oxygen atoms in total. The SMILES string of the molecule is Cc1c(Cl)cccc1N(CC(=O)Nc1ccc(S(=O)(=O)N2CCCC2)cc1)S(C)(=O)=O. The van der Waals surface area contributed by atoms with Crippen molar-refractivity contribution >= 4 is 48.9 Å². The molecule has 2 aromatic rings. The molecule has 0 unspecified atom stereocenters. The van der Waals surface area contributed by atoms with Gasteiger partial charge in [0.1, 0.15) is 6.54 Å². The summed E-state index contributed by atoms with van der Waals surface area (Å²) in [4.78, 5) is 12.7. The van der Waals surface area contributed by atoms with E-state index in [1.165, 1.54) is 28.6 Å². The predicted molar refractivity (Wildman–Crippen MR) is 121 cm³/mol. The molecule has 31 heavy (non-hydrogen) atoms. The second kappa shape index (κ2) is 9.15. The number of carbonyl (C=O) groups is 1. The molecule has 1 aliphatic rings. The van der Waals surface area contributed by atoms with Crippen LogP contribution < -0.4 is 9.62 Å². The predicted octanol–water partition coefficient (Wildman–Crippen LogP) is 2.84. The maximum Gasteiger partial charge on any atom is 0.245 e. The summed E-state index contributed by atoms with van der Waals surface area (Å²) in [7, 11) is -7.30. The van der Waals surface area contributed by atoms with E-state index in [9.17, 15) is 21.6 Å². The van der Waals surface area contributed by atoms with Crippen molar-refractivity contribution in [3.05, 3.63) is 53.1 Å². The van der Waals surface area contributed by atoms with Gasteiger partial charge in [0.2, 0.25) is 26.0 Å². The van der Waals surface area contributed by atoms with Gasteiger partial charge in [0, 0.05) is 23.8 Å². The lowest BCUT2D eigenvalue weighted by Crippen LogP contribution is -2.37.